The molecule has 3 heterocycles. The number of aromatic nitrogens is 4. The first-order valence-electron chi connectivity index (χ1n) is 8.38. The first kappa shape index (κ1) is 18.6. The van der Waals surface area contributed by atoms with Gasteiger partial charge in [0.2, 0.25) is 0 Å². The van der Waals surface area contributed by atoms with Crippen LogP contribution in [0.1, 0.15) is 12.7 Å². The molecule has 0 bridgehead atoms. The lowest BCUT2D eigenvalue weighted by atomic mass is 10.2. The van der Waals surface area contributed by atoms with E-state index in [0.29, 0.717) is 18.1 Å². The molecular formula is C17H23N7OS. The van der Waals surface area contributed by atoms with Crippen molar-refractivity contribution in [1.82, 2.24) is 24.7 Å². The number of imidazole rings is 1. The lowest BCUT2D eigenvalue weighted by Gasteiger charge is -2.33. The highest BCUT2D eigenvalue weighted by Gasteiger charge is 2.21. The minimum absolute atomic E-state index is 0.142. The number of allylic oxidation sites excluding steroid dienone is 1. The summed E-state index contributed by atoms with van der Waals surface area (Å²) < 4.78 is 9.04. The maximum atomic E-state index is 7.44. The topological polar surface area (TPSA) is 103 Å². The number of H-pyrrole nitrogens is 1. The summed E-state index contributed by atoms with van der Waals surface area (Å²) in [5.41, 5.74) is 2.09. The van der Waals surface area contributed by atoms with Crippen molar-refractivity contribution >= 4 is 29.6 Å². The fourth-order valence-corrected chi connectivity index (χ4v) is 3.00. The summed E-state index contributed by atoms with van der Waals surface area (Å²) in [4.78, 5) is 18.5. The molecule has 26 heavy (non-hydrogen) atoms. The fourth-order valence-electron chi connectivity index (χ4n) is 2.65. The molecule has 1 fully saturated rings. The van der Waals surface area contributed by atoms with Crippen LogP contribution in [0.25, 0.3) is 17.5 Å². The average molecular weight is 373 g/mol. The van der Waals surface area contributed by atoms with Crippen LogP contribution >= 0.6 is 11.9 Å². The lowest BCUT2D eigenvalue weighted by Crippen LogP contribution is -2.46. The Labute approximate surface area is 157 Å². The highest BCUT2D eigenvalue weighted by atomic mass is 32.2. The van der Waals surface area contributed by atoms with E-state index in [1.165, 1.54) is 0 Å². The lowest BCUT2D eigenvalue weighted by molar-refractivity contribution is 0.0444. The molecule has 1 aliphatic rings. The predicted molar refractivity (Wildman–Crippen MR) is 106 cm³/mol. The van der Waals surface area contributed by atoms with Crippen LogP contribution in [0.5, 0.6) is 0 Å². The number of morpholine rings is 1. The van der Waals surface area contributed by atoms with Crippen LogP contribution in [0.15, 0.2) is 24.7 Å². The fraction of sp³-hybridized carbons (Fsp3) is 0.412. The van der Waals surface area contributed by atoms with Crippen molar-refractivity contribution in [1.29, 1.82) is 5.41 Å². The van der Waals surface area contributed by atoms with E-state index in [2.05, 4.69) is 29.6 Å². The molecule has 8 nitrogen and oxygen atoms in total. The Hall–Kier alpha value is -2.23. The summed E-state index contributed by atoms with van der Waals surface area (Å²) in [5, 5.41) is 7.44. The third-order valence-electron chi connectivity index (χ3n) is 3.93. The molecule has 138 valence electrons. The Balaban J connectivity index is 1.73. The van der Waals surface area contributed by atoms with Gasteiger partial charge in [-0.05, 0) is 25.3 Å². The van der Waals surface area contributed by atoms with Crippen molar-refractivity contribution < 1.29 is 4.74 Å². The third kappa shape index (κ3) is 4.90. The maximum absolute atomic E-state index is 7.44. The largest absolute Gasteiger partial charge is 0.373 e. The molecule has 3 rings (SSSR count). The first-order chi connectivity index (χ1) is 12.7. The molecule has 0 aliphatic carbocycles. The SMILES string of the molecule is CSNCC1CN(c2cc(-c3cnc(/C=C\C(C)=N)[nH]3)ncn2)CCO1. The van der Waals surface area contributed by atoms with Crippen molar-refractivity contribution in [2.75, 3.05) is 37.4 Å². The number of rotatable bonds is 7. The minimum Gasteiger partial charge on any atom is -0.373 e. The normalized spacial score (nSPS) is 17.8. The Morgan fingerprint density at radius 2 is 2.38 bits per heavy atom. The highest BCUT2D eigenvalue weighted by molar-refractivity contribution is 7.96. The zero-order chi connectivity index (χ0) is 18.4. The van der Waals surface area contributed by atoms with Crippen molar-refractivity contribution in [2.24, 2.45) is 0 Å². The summed E-state index contributed by atoms with van der Waals surface area (Å²) in [6, 6.07) is 1.97. The van der Waals surface area contributed by atoms with E-state index < -0.39 is 0 Å². The first-order valence-corrected chi connectivity index (χ1v) is 9.61. The van der Waals surface area contributed by atoms with E-state index in [9.17, 15) is 0 Å². The van der Waals surface area contributed by atoms with E-state index in [1.54, 1.807) is 43.5 Å². The maximum Gasteiger partial charge on any atom is 0.132 e. The zero-order valence-corrected chi connectivity index (χ0v) is 15.7. The average Bonchev–Trinajstić information content (AvgIpc) is 3.14. The summed E-state index contributed by atoms with van der Waals surface area (Å²) in [6.07, 6.45) is 8.95. The van der Waals surface area contributed by atoms with Gasteiger partial charge >= 0.3 is 0 Å². The molecule has 3 N–H and O–H groups in total. The smallest absolute Gasteiger partial charge is 0.132 e. The molecule has 2 aromatic heterocycles. The molecule has 1 aliphatic heterocycles. The predicted octanol–water partition coefficient (Wildman–Crippen LogP) is 1.99. The Bertz CT molecular complexity index is 776. The van der Waals surface area contributed by atoms with Gasteiger partial charge in [0.1, 0.15) is 18.0 Å². The van der Waals surface area contributed by atoms with Crippen molar-refractivity contribution in [3.8, 4) is 11.4 Å². The van der Waals surface area contributed by atoms with Crippen LogP contribution in [0.2, 0.25) is 0 Å². The van der Waals surface area contributed by atoms with Gasteiger partial charge in [-0.2, -0.15) is 0 Å². The van der Waals surface area contributed by atoms with Gasteiger partial charge < -0.3 is 20.0 Å². The van der Waals surface area contributed by atoms with E-state index in [-0.39, 0.29) is 6.10 Å². The Kier molecular flexibility index (Phi) is 6.37. The quantitative estimate of drug-likeness (QED) is 0.504. The van der Waals surface area contributed by atoms with Gasteiger partial charge in [0.25, 0.3) is 0 Å². The molecule has 0 amide bonds. The van der Waals surface area contributed by atoms with Crippen LogP contribution in [0.4, 0.5) is 5.82 Å². The van der Waals surface area contributed by atoms with Gasteiger partial charge in [0.15, 0.2) is 0 Å². The van der Waals surface area contributed by atoms with Gasteiger partial charge in [-0.3, -0.25) is 4.72 Å². The summed E-state index contributed by atoms with van der Waals surface area (Å²) >= 11 is 1.60. The molecule has 1 atom stereocenters. The van der Waals surface area contributed by atoms with Crippen LogP contribution in [0, 0.1) is 5.41 Å². The van der Waals surface area contributed by atoms with Gasteiger partial charge in [-0.15, -0.1) is 0 Å². The van der Waals surface area contributed by atoms with Crippen molar-refractivity contribution in [3.63, 3.8) is 0 Å². The van der Waals surface area contributed by atoms with Gasteiger partial charge in [0, 0.05) is 31.4 Å². The van der Waals surface area contributed by atoms with Gasteiger partial charge in [0.05, 0.1) is 30.3 Å². The van der Waals surface area contributed by atoms with Crippen LogP contribution < -0.4 is 9.62 Å². The molecule has 9 heteroatoms. The van der Waals surface area contributed by atoms with Crippen molar-refractivity contribution in [2.45, 2.75) is 13.0 Å². The molecule has 1 saturated heterocycles. The second kappa shape index (κ2) is 8.93. The number of hydrogen-bond donors (Lipinski definition) is 3. The zero-order valence-electron chi connectivity index (χ0n) is 14.9. The van der Waals surface area contributed by atoms with E-state index in [0.717, 1.165) is 36.8 Å². The second-order valence-corrected chi connectivity index (χ2v) is 6.65. The molecular weight excluding hydrogens is 350 g/mol. The molecule has 0 aromatic carbocycles. The summed E-state index contributed by atoms with van der Waals surface area (Å²) in [7, 11) is 0. The minimum atomic E-state index is 0.142. The number of aromatic amines is 1. The van der Waals surface area contributed by atoms with E-state index in [4.69, 9.17) is 10.1 Å². The Morgan fingerprint density at radius 1 is 1.50 bits per heavy atom. The standard InChI is InChI=1S/C17H23N7OS/c1-12(18)3-4-16-19-9-15(23-16)14-7-17(21-11-20-14)24-5-6-25-13(10-24)8-22-26-2/h3-4,7,9,11,13,18,22H,5-6,8,10H2,1-2H3,(H,19,23)/b4-3-,18-12?. The molecule has 1 unspecified atom stereocenters. The Morgan fingerprint density at radius 3 is 3.19 bits per heavy atom. The van der Waals surface area contributed by atoms with Crippen LogP contribution in [-0.4, -0.2) is 64.2 Å². The molecule has 2 aromatic rings. The molecule has 0 radical (unpaired) electrons. The second-order valence-electron chi connectivity index (χ2n) is 5.95. The monoisotopic (exact) mass is 373 g/mol. The number of nitrogens with zero attached hydrogens (tertiary/aromatic N) is 4. The number of ether oxygens (including phenoxy) is 1. The van der Waals surface area contributed by atoms with Gasteiger partial charge in [-0.1, -0.05) is 11.9 Å². The highest BCUT2D eigenvalue weighted by Crippen LogP contribution is 2.21. The number of nitrogens with one attached hydrogen (secondary N) is 3. The number of anilines is 1. The third-order valence-corrected chi connectivity index (χ3v) is 4.39. The van der Waals surface area contributed by atoms with Crippen molar-refractivity contribution in [3.05, 3.63) is 30.5 Å². The molecule has 0 saturated carbocycles. The van der Waals surface area contributed by atoms with E-state index >= 15 is 0 Å². The summed E-state index contributed by atoms with van der Waals surface area (Å²) in [5.74, 6) is 1.58. The van der Waals surface area contributed by atoms with Gasteiger partial charge in [-0.25, -0.2) is 15.0 Å². The molecule has 0 spiro atoms. The number of hydrogen-bond acceptors (Lipinski definition) is 8. The summed E-state index contributed by atoms with van der Waals surface area (Å²) in [6.45, 7) is 4.81. The van der Waals surface area contributed by atoms with Crippen LogP contribution in [0.3, 0.4) is 0 Å². The van der Waals surface area contributed by atoms with E-state index in [1.807, 2.05) is 12.3 Å². The van der Waals surface area contributed by atoms with Crippen LogP contribution in [-0.2, 0) is 4.74 Å².